The van der Waals surface area contributed by atoms with E-state index in [-0.39, 0.29) is 5.82 Å². The van der Waals surface area contributed by atoms with E-state index in [4.69, 9.17) is 0 Å². The van der Waals surface area contributed by atoms with Crippen molar-refractivity contribution >= 4 is 17.6 Å². The van der Waals surface area contributed by atoms with Crippen molar-refractivity contribution in [2.45, 2.75) is 40.0 Å². The molecule has 0 unspecified atom stereocenters. The molecule has 0 saturated heterocycles. The quantitative estimate of drug-likeness (QED) is 0.195. The summed E-state index contributed by atoms with van der Waals surface area (Å²) in [6.45, 7) is 17.8. The zero-order valence-electron chi connectivity index (χ0n) is 21.4. The molecule has 0 spiro atoms. The van der Waals surface area contributed by atoms with E-state index in [0.29, 0.717) is 35.0 Å². The highest BCUT2D eigenvalue weighted by Gasteiger charge is 2.23. The molecule has 1 aliphatic carbocycles. The van der Waals surface area contributed by atoms with Crippen molar-refractivity contribution in [1.82, 2.24) is 10.6 Å². The number of rotatable bonds is 12. The summed E-state index contributed by atoms with van der Waals surface area (Å²) in [6.07, 6.45) is 15.7. The third-order valence-corrected chi connectivity index (χ3v) is 5.42. The minimum Gasteiger partial charge on any atom is -0.359 e. The Hall–Kier alpha value is -3.73. The van der Waals surface area contributed by atoms with E-state index in [1.54, 1.807) is 31.6 Å². The standard InChI is InChI=1S/C30H37FN4/c1-8-11-29(16-21(4)25-12-13-25)34-22(5)17-27-15-14-26(18-30(27)31)24(9-2)19-33-23(6)35-28(10-3)20-32-7/h8-11,14-16,18-20,25,34H,2,4-5,12-13,17H2,1,3,6-7H3,(H,33,35)/b11-8-,24-19+,28-10+,29-16+,32-20-. The molecular weight excluding hydrogens is 435 g/mol. The van der Waals surface area contributed by atoms with Crippen LogP contribution in [0.5, 0.6) is 0 Å². The number of benzene rings is 1. The van der Waals surface area contributed by atoms with Gasteiger partial charge >= 0.3 is 0 Å². The normalized spacial score (nSPS) is 15.6. The van der Waals surface area contributed by atoms with Crippen LogP contribution in [-0.2, 0) is 6.42 Å². The molecule has 1 fully saturated rings. The number of allylic oxidation sites excluding steroid dienone is 9. The van der Waals surface area contributed by atoms with Crippen molar-refractivity contribution in [1.29, 1.82) is 0 Å². The fraction of sp³-hybridized carbons (Fsp3) is 0.267. The molecule has 0 amide bonds. The van der Waals surface area contributed by atoms with Gasteiger partial charge in [-0.1, -0.05) is 55.7 Å². The van der Waals surface area contributed by atoms with Gasteiger partial charge in [0, 0.05) is 37.3 Å². The van der Waals surface area contributed by atoms with E-state index in [0.717, 1.165) is 22.5 Å². The minimum absolute atomic E-state index is 0.300. The van der Waals surface area contributed by atoms with Crippen LogP contribution in [0.15, 0.2) is 107 Å². The molecule has 2 rings (SSSR count). The van der Waals surface area contributed by atoms with Crippen LogP contribution in [0.3, 0.4) is 0 Å². The van der Waals surface area contributed by atoms with E-state index in [1.165, 1.54) is 18.9 Å². The van der Waals surface area contributed by atoms with Gasteiger partial charge in [0.1, 0.15) is 11.7 Å². The fourth-order valence-corrected chi connectivity index (χ4v) is 3.40. The average molecular weight is 473 g/mol. The third kappa shape index (κ3) is 9.20. The van der Waals surface area contributed by atoms with Gasteiger partial charge in [-0.2, -0.15) is 0 Å². The fourth-order valence-electron chi connectivity index (χ4n) is 3.40. The first-order chi connectivity index (χ1) is 16.8. The molecule has 35 heavy (non-hydrogen) atoms. The Morgan fingerprint density at radius 1 is 1.17 bits per heavy atom. The highest BCUT2D eigenvalue weighted by atomic mass is 19.1. The summed E-state index contributed by atoms with van der Waals surface area (Å²) in [7, 11) is 1.71. The Labute approximate surface area is 209 Å². The predicted molar refractivity (Wildman–Crippen MR) is 150 cm³/mol. The smallest absolute Gasteiger partial charge is 0.127 e. The monoisotopic (exact) mass is 472 g/mol. The van der Waals surface area contributed by atoms with Crippen LogP contribution in [0.25, 0.3) is 5.57 Å². The lowest BCUT2D eigenvalue weighted by atomic mass is 10.0. The topological polar surface area (TPSA) is 48.8 Å². The van der Waals surface area contributed by atoms with E-state index >= 15 is 0 Å². The lowest BCUT2D eigenvalue weighted by Gasteiger charge is -2.13. The maximum Gasteiger partial charge on any atom is 0.127 e. The van der Waals surface area contributed by atoms with Gasteiger partial charge in [0.15, 0.2) is 0 Å². The summed E-state index contributed by atoms with van der Waals surface area (Å²) in [5.74, 6) is 0.971. The van der Waals surface area contributed by atoms with Crippen LogP contribution in [0.2, 0.25) is 0 Å². The Kier molecular flexibility index (Phi) is 10.9. The first kappa shape index (κ1) is 27.5. The summed E-state index contributed by atoms with van der Waals surface area (Å²) >= 11 is 0. The molecule has 0 radical (unpaired) electrons. The highest BCUT2D eigenvalue weighted by molar-refractivity contribution is 5.90. The lowest BCUT2D eigenvalue weighted by Crippen LogP contribution is -2.20. The molecule has 184 valence electrons. The average Bonchev–Trinajstić information content (AvgIpc) is 3.66. The zero-order valence-corrected chi connectivity index (χ0v) is 21.4. The van der Waals surface area contributed by atoms with Crippen molar-refractivity contribution in [2.75, 3.05) is 7.05 Å². The van der Waals surface area contributed by atoms with Crippen molar-refractivity contribution < 1.29 is 4.39 Å². The van der Waals surface area contributed by atoms with Crippen LogP contribution in [0.1, 0.15) is 44.7 Å². The summed E-state index contributed by atoms with van der Waals surface area (Å²) in [4.78, 5) is 8.44. The van der Waals surface area contributed by atoms with Crippen LogP contribution in [0.4, 0.5) is 4.39 Å². The molecule has 0 heterocycles. The molecule has 1 aliphatic rings. The molecule has 2 N–H and O–H groups in total. The van der Waals surface area contributed by atoms with Gasteiger partial charge in [0.05, 0.1) is 5.70 Å². The van der Waals surface area contributed by atoms with Crippen molar-refractivity contribution in [3.8, 4) is 0 Å². The third-order valence-electron chi connectivity index (χ3n) is 5.42. The number of aliphatic imine (C=N–C) groups is 2. The van der Waals surface area contributed by atoms with Gasteiger partial charge < -0.3 is 10.6 Å². The number of hydrogen-bond donors (Lipinski definition) is 2. The van der Waals surface area contributed by atoms with Crippen LogP contribution < -0.4 is 10.6 Å². The number of hydrogen-bond acceptors (Lipinski definition) is 3. The molecule has 0 aliphatic heterocycles. The summed E-state index contributed by atoms with van der Waals surface area (Å²) in [5, 5.41) is 6.47. The van der Waals surface area contributed by atoms with E-state index in [1.807, 2.05) is 45.1 Å². The minimum atomic E-state index is -0.300. The molecule has 4 nitrogen and oxygen atoms in total. The van der Waals surface area contributed by atoms with E-state index in [9.17, 15) is 4.39 Å². The Morgan fingerprint density at radius 3 is 2.49 bits per heavy atom. The Bertz CT molecular complexity index is 1130. The number of amidine groups is 1. The van der Waals surface area contributed by atoms with Crippen LogP contribution in [0, 0.1) is 11.7 Å². The largest absolute Gasteiger partial charge is 0.359 e. The molecule has 0 atom stereocenters. The summed E-state index contributed by atoms with van der Waals surface area (Å²) in [5.41, 5.74) is 5.57. The first-order valence-corrected chi connectivity index (χ1v) is 11.8. The molecule has 0 aromatic heterocycles. The SMILES string of the molecule is C=C/C(=C\N=C(/C)NC(/C=N\C)=C/C)c1ccc(CC(=C)NC(/C=C\C)=C/C(=C)C2CC2)c(F)c1. The van der Waals surface area contributed by atoms with Gasteiger partial charge in [-0.25, -0.2) is 9.38 Å². The van der Waals surface area contributed by atoms with Crippen molar-refractivity contribution in [3.63, 3.8) is 0 Å². The van der Waals surface area contributed by atoms with Crippen LogP contribution in [-0.4, -0.2) is 19.1 Å². The number of halogens is 1. The second kappa shape index (κ2) is 13.9. The van der Waals surface area contributed by atoms with Gasteiger partial charge in [-0.05, 0) is 74.4 Å². The van der Waals surface area contributed by atoms with Crippen molar-refractivity contribution in [2.24, 2.45) is 15.9 Å². The molecular formula is C30H37FN4. The lowest BCUT2D eigenvalue weighted by molar-refractivity contribution is 0.611. The molecule has 5 heteroatoms. The molecule has 0 bridgehead atoms. The second-order valence-corrected chi connectivity index (χ2v) is 8.42. The first-order valence-electron chi connectivity index (χ1n) is 11.8. The maximum atomic E-state index is 15.0. The predicted octanol–water partition coefficient (Wildman–Crippen LogP) is 7.04. The number of nitrogens with zero attached hydrogens (tertiary/aromatic N) is 2. The Balaban J connectivity index is 2.11. The van der Waals surface area contributed by atoms with E-state index in [2.05, 4.69) is 46.4 Å². The number of nitrogens with one attached hydrogen (secondary N) is 2. The zero-order chi connectivity index (χ0) is 25.8. The molecule has 1 aromatic carbocycles. The van der Waals surface area contributed by atoms with Crippen molar-refractivity contribution in [3.05, 3.63) is 114 Å². The van der Waals surface area contributed by atoms with E-state index < -0.39 is 0 Å². The van der Waals surface area contributed by atoms with Gasteiger partial charge in [0.25, 0.3) is 0 Å². The van der Waals surface area contributed by atoms with Gasteiger partial charge in [-0.15, -0.1) is 0 Å². The second-order valence-electron chi connectivity index (χ2n) is 8.42. The summed E-state index contributed by atoms with van der Waals surface area (Å²) < 4.78 is 15.0. The summed E-state index contributed by atoms with van der Waals surface area (Å²) in [6, 6.07) is 5.16. The van der Waals surface area contributed by atoms with Gasteiger partial charge in [0.2, 0.25) is 0 Å². The maximum absolute atomic E-state index is 15.0. The van der Waals surface area contributed by atoms with Crippen LogP contribution >= 0.6 is 0 Å². The van der Waals surface area contributed by atoms with Gasteiger partial charge in [-0.3, -0.25) is 4.99 Å². The Morgan fingerprint density at radius 2 is 1.91 bits per heavy atom. The molecule has 1 aromatic rings. The highest BCUT2D eigenvalue weighted by Crippen LogP contribution is 2.36. The molecule has 1 saturated carbocycles.